The summed E-state index contributed by atoms with van der Waals surface area (Å²) in [5, 5.41) is 0. The third-order valence-electron chi connectivity index (χ3n) is 3.02. The van der Waals surface area contributed by atoms with Gasteiger partial charge in [-0.3, -0.25) is 0 Å². The zero-order valence-corrected chi connectivity index (χ0v) is 14.4. The summed E-state index contributed by atoms with van der Waals surface area (Å²) in [7, 11) is 0. The standard InChI is InChI=1S/C16H17Br2NO/c1-11(19)16(13-4-8-15(18)9-5-13)20-10-12-2-6-14(17)7-3-12/h2-9,11,16H,10,19H2,1H3. The van der Waals surface area contributed by atoms with Crippen molar-refractivity contribution >= 4 is 31.9 Å². The van der Waals surface area contributed by atoms with Crippen molar-refractivity contribution < 1.29 is 4.74 Å². The van der Waals surface area contributed by atoms with E-state index in [1.165, 1.54) is 0 Å². The summed E-state index contributed by atoms with van der Waals surface area (Å²) >= 11 is 6.86. The molecule has 0 fully saturated rings. The van der Waals surface area contributed by atoms with Crippen LogP contribution in [0.3, 0.4) is 0 Å². The van der Waals surface area contributed by atoms with Crippen LogP contribution in [0.2, 0.25) is 0 Å². The Morgan fingerprint density at radius 1 is 0.950 bits per heavy atom. The number of hydrogen-bond acceptors (Lipinski definition) is 2. The second-order valence-electron chi connectivity index (χ2n) is 4.77. The number of halogens is 2. The fourth-order valence-corrected chi connectivity index (χ4v) is 2.50. The first-order valence-electron chi connectivity index (χ1n) is 6.43. The Labute approximate surface area is 136 Å². The molecule has 2 atom stereocenters. The van der Waals surface area contributed by atoms with Crippen LogP contribution in [0.25, 0.3) is 0 Å². The molecule has 106 valence electrons. The molecule has 2 unspecified atom stereocenters. The van der Waals surface area contributed by atoms with Crippen LogP contribution in [-0.2, 0) is 11.3 Å². The molecule has 2 aromatic rings. The maximum atomic E-state index is 6.05. The van der Waals surface area contributed by atoms with E-state index in [0.29, 0.717) is 6.61 Å². The van der Waals surface area contributed by atoms with Crippen LogP contribution in [0, 0.1) is 0 Å². The Balaban J connectivity index is 2.06. The van der Waals surface area contributed by atoms with Gasteiger partial charge in [0.05, 0.1) is 12.7 Å². The van der Waals surface area contributed by atoms with Gasteiger partial charge in [0.1, 0.15) is 0 Å². The van der Waals surface area contributed by atoms with E-state index in [-0.39, 0.29) is 12.1 Å². The van der Waals surface area contributed by atoms with Crippen LogP contribution in [-0.4, -0.2) is 6.04 Å². The smallest absolute Gasteiger partial charge is 0.0977 e. The molecule has 0 aliphatic carbocycles. The van der Waals surface area contributed by atoms with E-state index in [0.717, 1.165) is 20.1 Å². The van der Waals surface area contributed by atoms with E-state index < -0.39 is 0 Å². The largest absolute Gasteiger partial charge is 0.367 e. The maximum Gasteiger partial charge on any atom is 0.0977 e. The predicted octanol–water partition coefficient (Wildman–Crippen LogP) is 4.82. The van der Waals surface area contributed by atoms with E-state index in [2.05, 4.69) is 31.9 Å². The first kappa shape index (κ1) is 15.7. The van der Waals surface area contributed by atoms with Gasteiger partial charge in [-0.2, -0.15) is 0 Å². The maximum absolute atomic E-state index is 6.05. The highest BCUT2D eigenvalue weighted by Crippen LogP contribution is 2.24. The van der Waals surface area contributed by atoms with Crippen molar-refractivity contribution in [3.05, 3.63) is 68.6 Å². The minimum atomic E-state index is -0.105. The van der Waals surface area contributed by atoms with Crippen LogP contribution in [0.15, 0.2) is 57.5 Å². The third-order valence-corrected chi connectivity index (χ3v) is 4.08. The lowest BCUT2D eigenvalue weighted by atomic mass is 10.0. The minimum absolute atomic E-state index is 0.0633. The van der Waals surface area contributed by atoms with Crippen molar-refractivity contribution in [3.8, 4) is 0 Å². The van der Waals surface area contributed by atoms with E-state index in [1.807, 2.05) is 55.5 Å². The van der Waals surface area contributed by atoms with Crippen molar-refractivity contribution in [2.75, 3.05) is 0 Å². The number of rotatable bonds is 5. The van der Waals surface area contributed by atoms with Crippen molar-refractivity contribution in [1.82, 2.24) is 0 Å². The highest BCUT2D eigenvalue weighted by Gasteiger charge is 2.16. The number of benzene rings is 2. The summed E-state index contributed by atoms with van der Waals surface area (Å²) in [4.78, 5) is 0. The average Bonchev–Trinajstić information content (AvgIpc) is 2.43. The zero-order valence-electron chi connectivity index (χ0n) is 11.2. The molecule has 4 heteroatoms. The minimum Gasteiger partial charge on any atom is -0.367 e. The van der Waals surface area contributed by atoms with Crippen molar-refractivity contribution in [3.63, 3.8) is 0 Å². The van der Waals surface area contributed by atoms with Gasteiger partial charge in [0.15, 0.2) is 0 Å². The lowest BCUT2D eigenvalue weighted by molar-refractivity contribution is 0.0259. The highest BCUT2D eigenvalue weighted by molar-refractivity contribution is 9.10. The van der Waals surface area contributed by atoms with E-state index >= 15 is 0 Å². The summed E-state index contributed by atoms with van der Waals surface area (Å²) in [5.74, 6) is 0. The summed E-state index contributed by atoms with van der Waals surface area (Å²) in [6.45, 7) is 2.52. The lowest BCUT2D eigenvalue weighted by Gasteiger charge is -2.22. The van der Waals surface area contributed by atoms with Crippen LogP contribution in [0.5, 0.6) is 0 Å². The average molecular weight is 399 g/mol. The quantitative estimate of drug-likeness (QED) is 0.783. The molecule has 0 aromatic heterocycles. The van der Waals surface area contributed by atoms with Crippen LogP contribution in [0.1, 0.15) is 24.2 Å². The number of nitrogens with two attached hydrogens (primary N) is 1. The highest BCUT2D eigenvalue weighted by atomic mass is 79.9. The summed E-state index contributed by atoms with van der Waals surface area (Å²) in [6.07, 6.45) is -0.105. The van der Waals surface area contributed by atoms with E-state index in [1.54, 1.807) is 0 Å². The predicted molar refractivity (Wildman–Crippen MR) is 89.5 cm³/mol. The SMILES string of the molecule is CC(N)C(OCc1ccc(Br)cc1)c1ccc(Br)cc1. The molecule has 0 saturated carbocycles. The van der Waals surface area contributed by atoms with Crippen molar-refractivity contribution in [1.29, 1.82) is 0 Å². The van der Waals surface area contributed by atoms with Crippen LogP contribution >= 0.6 is 31.9 Å². The molecule has 0 saturated heterocycles. The topological polar surface area (TPSA) is 35.2 Å². The van der Waals surface area contributed by atoms with Crippen LogP contribution < -0.4 is 5.73 Å². The molecule has 0 spiro atoms. The molecular weight excluding hydrogens is 382 g/mol. The first-order valence-corrected chi connectivity index (χ1v) is 8.02. The monoisotopic (exact) mass is 397 g/mol. The molecule has 0 aliphatic heterocycles. The summed E-state index contributed by atoms with van der Waals surface area (Å²) in [6, 6.07) is 16.2. The third kappa shape index (κ3) is 4.42. The van der Waals surface area contributed by atoms with E-state index in [4.69, 9.17) is 10.5 Å². The second kappa shape index (κ2) is 7.36. The first-order chi connectivity index (χ1) is 9.56. The van der Waals surface area contributed by atoms with Crippen molar-refractivity contribution in [2.24, 2.45) is 5.73 Å². The Morgan fingerprint density at radius 2 is 1.45 bits per heavy atom. The van der Waals surface area contributed by atoms with Gasteiger partial charge in [0, 0.05) is 15.0 Å². The lowest BCUT2D eigenvalue weighted by Crippen LogP contribution is -2.26. The molecule has 2 aromatic carbocycles. The Morgan fingerprint density at radius 3 is 1.95 bits per heavy atom. The van der Waals surface area contributed by atoms with Gasteiger partial charge >= 0.3 is 0 Å². The fraction of sp³-hybridized carbons (Fsp3) is 0.250. The van der Waals surface area contributed by atoms with Gasteiger partial charge in [-0.1, -0.05) is 56.1 Å². The van der Waals surface area contributed by atoms with Gasteiger partial charge in [-0.15, -0.1) is 0 Å². The van der Waals surface area contributed by atoms with Gasteiger partial charge in [-0.25, -0.2) is 0 Å². The normalized spacial score (nSPS) is 14.0. The van der Waals surface area contributed by atoms with Gasteiger partial charge < -0.3 is 10.5 Å². The second-order valence-corrected chi connectivity index (χ2v) is 6.60. The summed E-state index contributed by atoms with van der Waals surface area (Å²) < 4.78 is 8.12. The molecule has 0 aliphatic rings. The fourth-order valence-electron chi connectivity index (χ4n) is 1.97. The van der Waals surface area contributed by atoms with E-state index in [9.17, 15) is 0 Å². The molecular formula is C16H17Br2NO. The van der Waals surface area contributed by atoms with Crippen molar-refractivity contribution in [2.45, 2.75) is 25.7 Å². The molecule has 2 nitrogen and oxygen atoms in total. The van der Waals surface area contributed by atoms with Gasteiger partial charge in [0.25, 0.3) is 0 Å². The molecule has 20 heavy (non-hydrogen) atoms. The van der Waals surface area contributed by atoms with Gasteiger partial charge in [0.2, 0.25) is 0 Å². The Kier molecular flexibility index (Phi) is 5.78. The molecule has 0 heterocycles. The Bertz CT molecular complexity index is 537. The Hall–Kier alpha value is -0.680. The number of ether oxygens (including phenoxy) is 1. The summed E-state index contributed by atoms with van der Waals surface area (Å²) in [5.41, 5.74) is 8.28. The van der Waals surface area contributed by atoms with Crippen LogP contribution in [0.4, 0.5) is 0 Å². The number of hydrogen-bond donors (Lipinski definition) is 1. The molecule has 0 radical (unpaired) electrons. The molecule has 0 bridgehead atoms. The zero-order chi connectivity index (χ0) is 14.5. The molecule has 2 N–H and O–H groups in total. The molecule has 0 amide bonds. The van der Waals surface area contributed by atoms with Gasteiger partial charge in [-0.05, 0) is 42.3 Å². The molecule has 2 rings (SSSR count).